The fourth-order valence-corrected chi connectivity index (χ4v) is 4.10. The molecule has 1 amide bonds. The maximum atomic E-state index is 12.8. The van der Waals surface area contributed by atoms with E-state index in [2.05, 4.69) is 15.4 Å². The Hall–Kier alpha value is -4.97. The molecular formula is C26H21ClN6O6. The van der Waals surface area contributed by atoms with Crippen LogP contribution in [0, 0.1) is 10.1 Å². The molecule has 0 saturated heterocycles. The first-order valence-corrected chi connectivity index (χ1v) is 12.2. The lowest BCUT2D eigenvalue weighted by Gasteiger charge is -2.07. The Labute approximate surface area is 225 Å². The number of amides is 1. The first-order chi connectivity index (χ1) is 18.8. The molecule has 0 aliphatic rings. The van der Waals surface area contributed by atoms with Crippen molar-refractivity contribution in [2.75, 3.05) is 18.5 Å². The molecule has 5 rings (SSSR count). The number of aromatic nitrogens is 4. The van der Waals surface area contributed by atoms with E-state index in [0.717, 1.165) is 5.56 Å². The summed E-state index contributed by atoms with van der Waals surface area (Å²) in [4.78, 5) is 40.0. The molecule has 0 bridgehead atoms. The molecule has 0 unspecified atom stereocenters. The van der Waals surface area contributed by atoms with Crippen LogP contribution in [-0.2, 0) is 16.1 Å². The summed E-state index contributed by atoms with van der Waals surface area (Å²) in [7, 11) is 0. The summed E-state index contributed by atoms with van der Waals surface area (Å²) in [5.41, 5.74) is 2.18. The van der Waals surface area contributed by atoms with E-state index < -0.39 is 23.4 Å². The van der Waals surface area contributed by atoms with Gasteiger partial charge in [-0.2, -0.15) is 0 Å². The molecule has 0 saturated carbocycles. The van der Waals surface area contributed by atoms with Crippen LogP contribution >= 0.6 is 11.6 Å². The number of halogens is 1. The Morgan fingerprint density at radius 3 is 2.69 bits per heavy atom. The number of imidazole rings is 1. The summed E-state index contributed by atoms with van der Waals surface area (Å²) in [6, 6.07) is 14.8. The number of carbonyl (C=O) groups is 2. The van der Waals surface area contributed by atoms with E-state index in [1.165, 1.54) is 18.3 Å². The fourth-order valence-electron chi connectivity index (χ4n) is 3.98. The lowest BCUT2D eigenvalue weighted by atomic mass is 10.2. The van der Waals surface area contributed by atoms with Gasteiger partial charge in [-0.1, -0.05) is 23.7 Å². The van der Waals surface area contributed by atoms with Gasteiger partial charge in [0.25, 0.3) is 11.6 Å². The maximum Gasteiger partial charge on any atom is 0.358 e. The fraction of sp³-hybridized carbons (Fsp3) is 0.154. The molecule has 0 aliphatic carbocycles. The Kier molecular flexibility index (Phi) is 7.10. The summed E-state index contributed by atoms with van der Waals surface area (Å²) in [6.45, 7) is 1.83. The molecule has 3 aromatic heterocycles. The number of pyridine rings is 1. The number of nitrogens with one attached hydrogen (secondary N) is 1. The minimum atomic E-state index is -0.572. The summed E-state index contributed by atoms with van der Waals surface area (Å²) in [5, 5.41) is 19.5. The predicted molar refractivity (Wildman–Crippen MR) is 142 cm³/mol. The SMILES string of the molecule is CCOC(=O)c1cn2cccc(NC(=O)COc3nn(Cc4ccc(Cl)cc4)c4ccc([N+](=O)[O-])cc34)c2n1. The van der Waals surface area contributed by atoms with Crippen LogP contribution in [-0.4, -0.2) is 49.2 Å². The molecule has 5 aromatic rings. The lowest BCUT2D eigenvalue weighted by molar-refractivity contribution is -0.384. The molecule has 0 atom stereocenters. The molecule has 0 spiro atoms. The number of hydrogen-bond acceptors (Lipinski definition) is 8. The van der Waals surface area contributed by atoms with Gasteiger partial charge >= 0.3 is 5.97 Å². The normalized spacial score (nSPS) is 11.0. The number of rotatable bonds is 9. The highest BCUT2D eigenvalue weighted by Crippen LogP contribution is 2.30. The summed E-state index contributed by atoms with van der Waals surface area (Å²) >= 11 is 5.98. The molecule has 13 heteroatoms. The average molecular weight is 549 g/mol. The van der Waals surface area contributed by atoms with Crippen LogP contribution in [0.1, 0.15) is 23.0 Å². The number of non-ortho nitro benzene ring substituents is 1. The van der Waals surface area contributed by atoms with Gasteiger partial charge in [-0.15, -0.1) is 5.10 Å². The van der Waals surface area contributed by atoms with Gasteiger partial charge in [0.15, 0.2) is 17.9 Å². The molecule has 12 nitrogen and oxygen atoms in total. The van der Waals surface area contributed by atoms with Gasteiger partial charge in [0.2, 0.25) is 5.88 Å². The zero-order valence-electron chi connectivity index (χ0n) is 20.5. The maximum absolute atomic E-state index is 12.8. The minimum Gasteiger partial charge on any atom is -0.466 e. The number of hydrogen-bond donors (Lipinski definition) is 1. The molecule has 198 valence electrons. The van der Waals surface area contributed by atoms with Gasteiger partial charge in [0, 0.05) is 29.5 Å². The van der Waals surface area contributed by atoms with Gasteiger partial charge in [0.05, 0.1) is 34.7 Å². The van der Waals surface area contributed by atoms with Crippen LogP contribution in [0.25, 0.3) is 16.6 Å². The molecule has 0 aliphatic heterocycles. The van der Waals surface area contributed by atoms with Crippen LogP contribution < -0.4 is 10.1 Å². The average Bonchev–Trinajstić information content (AvgIpc) is 3.51. The number of benzene rings is 2. The van der Waals surface area contributed by atoms with Crippen LogP contribution in [0.5, 0.6) is 5.88 Å². The quantitative estimate of drug-likeness (QED) is 0.161. The van der Waals surface area contributed by atoms with Crippen molar-refractivity contribution in [3.63, 3.8) is 0 Å². The standard InChI is InChI=1S/C26H21ClN6O6/c1-2-38-26(35)21-14-31-11-3-4-20(24(31)29-21)28-23(34)15-39-25-19-12-18(33(36)37)9-10-22(19)32(30-25)13-16-5-7-17(27)8-6-16/h3-12,14H,2,13,15H2,1H3,(H,28,34). The third-order valence-corrected chi connectivity index (χ3v) is 5.99. The van der Waals surface area contributed by atoms with Gasteiger partial charge in [-0.25, -0.2) is 9.78 Å². The van der Waals surface area contributed by atoms with E-state index in [-0.39, 0.29) is 23.9 Å². The molecule has 2 aromatic carbocycles. The topological polar surface area (TPSA) is 143 Å². The van der Waals surface area contributed by atoms with Crippen LogP contribution in [0.3, 0.4) is 0 Å². The summed E-state index contributed by atoms with van der Waals surface area (Å²) in [6.07, 6.45) is 3.19. The number of esters is 1. The van der Waals surface area contributed by atoms with Gasteiger partial charge in [-0.3, -0.25) is 19.6 Å². The van der Waals surface area contributed by atoms with Crippen molar-refractivity contribution in [3.05, 3.63) is 93.4 Å². The minimum absolute atomic E-state index is 0.0708. The first-order valence-electron chi connectivity index (χ1n) is 11.8. The Morgan fingerprint density at radius 1 is 1.15 bits per heavy atom. The van der Waals surface area contributed by atoms with E-state index >= 15 is 0 Å². The molecule has 3 heterocycles. The van der Waals surface area contributed by atoms with Crippen molar-refractivity contribution in [2.24, 2.45) is 0 Å². The van der Waals surface area contributed by atoms with Crippen molar-refractivity contribution in [2.45, 2.75) is 13.5 Å². The van der Waals surface area contributed by atoms with Crippen molar-refractivity contribution in [1.29, 1.82) is 0 Å². The molecule has 0 fully saturated rings. The van der Waals surface area contributed by atoms with Crippen molar-refractivity contribution < 1.29 is 24.0 Å². The number of nitro groups is 1. The van der Waals surface area contributed by atoms with Crippen molar-refractivity contribution in [1.82, 2.24) is 19.2 Å². The molecule has 1 N–H and O–H groups in total. The van der Waals surface area contributed by atoms with Crippen LogP contribution in [0.2, 0.25) is 5.02 Å². The number of anilines is 1. The van der Waals surface area contributed by atoms with Crippen molar-refractivity contribution >= 4 is 51.4 Å². The van der Waals surface area contributed by atoms with E-state index in [1.807, 2.05) is 12.1 Å². The Morgan fingerprint density at radius 2 is 1.95 bits per heavy atom. The first kappa shape index (κ1) is 25.7. The van der Waals surface area contributed by atoms with E-state index in [9.17, 15) is 19.7 Å². The third kappa shape index (κ3) is 5.50. The third-order valence-electron chi connectivity index (χ3n) is 5.74. The second kappa shape index (κ2) is 10.8. The van der Waals surface area contributed by atoms with Crippen LogP contribution in [0.15, 0.2) is 67.0 Å². The van der Waals surface area contributed by atoms with Gasteiger partial charge in [-0.05, 0) is 42.8 Å². The number of carbonyl (C=O) groups excluding carboxylic acids is 2. The Balaban J connectivity index is 1.37. The van der Waals surface area contributed by atoms with Gasteiger partial charge < -0.3 is 19.2 Å². The smallest absolute Gasteiger partial charge is 0.358 e. The lowest BCUT2D eigenvalue weighted by Crippen LogP contribution is -2.21. The largest absolute Gasteiger partial charge is 0.466 e. The number of nitro benzene ring substituents is 1. The highest BCUT2D eigenvalue weighted by molar-refractivity contribution is 6.30. The van der Waals surface area contributed by atoms with E-state index in [0.29, 0.717) is 33.8 Å². The second-order valence-electron chi connectivity index (χ2n) is 8.38. The van der Waals surface area contributed by atoms with E-state index in [4.69, 9.17) is 21.1 Å². The predicted octanol–water partition coefficient (Wildman–Crippen LogP) is 4.49. The number of ether oxygens (including phenoxy) is 2. The highest BCUT2D eigenvalue weighted by atomic mass is 35.5. The molecule has 39 heavy (non-hydrogen) atoms. The summed E-state index contributed by atoms with van der Waals surface area (Å²) < 4.78 is 13.9. The summed E-state index contributed by atoms with van der Waals surface area (Å²) in [5.74, 6) is -1.02. The second-order valence-corrected chi connectivity index (χ2v) is 8.82. The number of nitrogens with zero attached hydrogens (tertiary/aromatic N) is 5. The monoisotopic (exact) mass is 548 g/mol. The van der Waals surface area contributed by atoms with Gasteiger partial charge in [0.1, 0.15) is 0 Å². The van der Waals surface area contributed by atoms with Crippen LogP contribution in [0.4, 0.5) is 11.4 Å². The van der Waals surface area contributed by atoms with Crippen molar-refractivity contribution in [3.8, 4) is 5.88 Å². The van der Waals surface area contributed by atoms with E-state index in [1.54, 1.807) is 52.5 Å². The zero-order chi connectivity index (χ0) is 27.5. The zero-order valence-corrected chi connectivity index (χ0v) is 21.3. The molecule has 0 radical (unpaired) electrons. The number of fused-ring (bicyclic) bond motifs is 2. The molecular weight excluding hydrogens is 528 g/mol. The Bertz CT molecular complexity index is 1710. The highest BCUT2D eigenvalue weighted by Gasteiger charge is 2.19.